The fraction of sp³-hybridized carbons (Fsp3) is 0.500. The zero-order valence-electron chi connectivity index (χ0n) is 15.9. The number of benzene rings is 1. The maximum absolute atomic E-state index is 14.5. The third-order valence-electron chi connectivity index (χ3n) is 4.72. The zero-order chi connectivity index (χ0) is 20.9. The van der Waals surface area contributed by atoms with Crippen LogP contribution in [0.4, 0.5) is 15.2 Å². The highest BCUT2D eigenvalue weighted by molar-refractivity contribution is 7.93. The van der Waals surface area contributed by atoms with E-state index >= 15 is 0 Å². The van der Waals surface area contributed by atoms with Gasteiger partial charge in [-0.2, -0.15) is 0 Å². The Balaban J connectivity index is 1.52. The number of rotatable bonds is 9. The van der Waals surface area contributed by atoms with Crippen molar-refractivity contribution in [2.24, 2.45) is 5.73 Å². The summed E-state index contributed by atoms with van der Waals surface area (Å²) in [5, 5.41) is 5.01. The Morgan fingerprint density at radius 3 is 2.93 bits per heavy atom. The van der Waals surface area contributed by atoms with Gasteiger partial charge in [0.1, 0.15) is 10.7 Å². The van der Waals surface area contributed by atoms with Gasteiger partial charge < -0.3 is 16.0 Å². The number of nitrogens with two attached hydrogens (primary N) is 1. The molecule has 1 aliphatic heterocycles. The third kappa shape index (κ3) is 6.26. The summed E-state index contributed by atoms with van der Waals surface area (Å²) in [6.45, 7) is 3.62. The Labute approximate surface area is 179 Å². The summed E-state index contributed by atoms with van der Waals surface area (Å²) in [7, 11) is -4.10. The number of anilines is 2. The Morgan fingerprint density at radius 2 is 2.21 bits per heavy atom. The molecule has 0 unspecified atom stereocenters. The smallest absolute Gasteiger partial charge is 0.266 e. The number of nitrogens with zero attached hydrogens (tertiary/aromatic N) is 2. The Kier molecular flexibility index (Phi) is 7.69. The molecule has 1 atom stereocenters. The molecule has 0 bridgehead atoms. The van der Waals surface area contributed by atoms with E-state index < -0.39 is 20.7 Å². The predicted octanol–water partition coefficient (Wildman–Crippen LogP) is 3.35. The summed E-state index contributed by atoms with van der Waals surface area (Å²) in [5.41, 5.74) is 6.36. The molecule has 3 rings (SSSR count). The number of sulfonamides is 1. The minimum atomic E-state index is -4.10. The zero-order valence-corrected chi connectivity index (χ0v) is 18.3. The van der Waals surface area contributed by atoms with Crippen LogP contribution in [0.25, 0.3) is 0 Å². The van der Waals surface area contributed by atoms with Crippen LogP contribution in [0, 0.1) is 5.82 Å². The van der Waals surface area contributed by atoms with Crippen LogP contribution in [0.15, 0.2) is 28.6 Å². The number of aromatic nitrogens is 1. The van der Waals surface area contributed by atoms with Gasteiger partial charge in [0.25, 0.3) is 10.0 Å². The lowest BCUT2D eigenvalue weighted by molar-refractivity contribution is 0.206. The van der Waals surface area contributed by atoms with Gasteiger partial charge in [-0.15, -0.1) is 11.3 Å². The average molecular weight is 462 g/mol. The van der Waals surface area contributed by atoms with Gasteiger partial charge in [-0.25, -0.2) is 17.8 Å². The highest BCUT2D eigenvalue weighted by Crippen LogP contribution is 2.29. The molecule has 4 N–H and O–H groups in total. The lowest BCUT2D eigenvalue weighted by Crippen LogP contribution is -2.43. The highest BCUT2D eigenvalue weighted by atomic mass is 35.5. The summed E-state index contributed by atoms with van der Waals surface area (Å²) >= 11 is 7.29. The second kappa shape index (κ2) is 10.0. The van der Waals surface area contributed by atoms with E-state index in [1.807, 2.05) is 0 Å². The summed E-state index contributed by atoms with van der Waals surface area (Å²) in [6.07, 6.45) is 5.56. The van der Waals surface area contributed by atoms with Crippen molar-refractivity contribution in [2.45, 2.75) is 36.6 Å². The summed E-state index contributed by atoms with van der Waals surface area (Å²) < 4.78 is 41.5. The SMILES string of the molecule is N[C@H]1CCCN(CCCCNc2cc(F)c(S(=O)(=O)Nc3nccs3)cc2Cl)C1. The van der Waals surface area contributed by atoms with E-state index in [9.17, 15) is 12.8 Å². The van der Waals surface area contributed by atoms with Gasteiger partial charge in [0.2, 0.25) is 0 Å². The van der Waals surface area contributed by atoms with Gasteiger partial charge in [-0.1, -0.05) is 11.6 Å². The molecule has 1 aromatic heterocycles. The fourth-order valence-electron chi connectivity index (χ4n) is 3.29. The molecule has 29 heavy (non-hydrogen) atoms. The van der Waals surface area contributed by atoms with Crippen LogP contribution in [0.5, 0.6) is 0 Å². The molecule has 0 spiro atoms. The number of unbranched alkanes of at least 4 members (excludes halogenated alkanes) is 1. The van der Waals surface area contributed by atoms with E-state index in [1.54, 1.807) is 5.38 Å². The lowest BCUT2D eigenvalue weighted by atomic mass is 10.1. The summed E-state index contributed by atoms with van der Waals surface area (Å²) in [6, 6.07) is 2.50. The van der Waals surface area contributed by atoms with Gasteiger partial charge >= 0.3 is 0 Å². The van der Waals surface area contributed by atoms with Crippen LogP contribution in [0.3, 0.4) is 0 Å². The van der Waals surface area contributed by atoms with Crippen LogP contribution in [0.2, 0.25) is 5.02 Å². The molecule has 160 valence electrons. The molecule has 1 saturated heterocycles. The molecule has 1 fully saturated rings. The number of thiazole rings is 1. The second-order valence-electron chi connectivity index (χ2n) is 7.04. The molecular formula is C18H25ClFN5O2S2. The quantitative estimate of drug-likeness (QED) is 0.495. The number of likely N-dealkylation sites (tertiary alicyclic amines) is 1. The van der Waals surface area contributed by atoms with Crippen molar-refractivity contribution in [1.82, 2.24) is 9.88 Å². The van der Waals surface area contributed by atoms with E-state index in [-0.39, 0.29) is 16.2 Å². The first-order valence-corrected chi connectivity index (χ1v) is 12.2. The fourth-order valence-corrected chi connectivity index (χ4v) is 5.46. The monoisotopic (exact) mass is 461 g/mol. The highest BCUT2D eigenvalue weighted by Gasteiger charge is 2.22. The van der Waals surface area contributed by atoms with Crippen LogP contribution in [-0.2, 0) is 10.0 Å². The maximum Gasteiger partial charge on any atom is 0.266 e. The molecule has 1 aliphatic rings. The minimum absolute atomic E-state index is 0.146. The first kappa shape index (κ1) is 22.2. The van der Waals surface area contributed by atoms with E-state index in [4.69, 9.17) is 17.3 Å². The van der Waals surface area contributed by atoms with Gasteiger partial charge in [0.05, 0.1) is 10.7 Å². The van der Waals surface area contributed by atoms with E-state index in [2.05, 4.69) is 19.9 Å². The predicted molar refractivity (Wildman–Crippen MR) is 116 cm³/mol. The van der Waals surface area contributed by atoms with E-state index in [0.717, 1.165) is 68.8 Å². The molecule has 0 aliphatic carbocycles. The molecule has 0 radical (unpaired) electrons. The topological polar surface area (TPSA) is 100 Å². The third-order valence-corrected chi connectivity index (χ3v) is 7.21. The van der Waals surface area contributed by atoms with Gasteiger partial charge in [-0.3, -0.25) is 4.72 Å². The van der Waals surface area contributed by atoms with Crippen molar-refractivity contribution in [3.63, 3.8) is 0 Å². The number of hydrogen-bond acceptors (Lipinski definition) is 7. The van der Waals surface area contributed by atoms with Crippen molar-refractivity contribution in [2.75, 3.05) is 36.2 Å². The van der Waals surface area contributed by atoms with Gasteiger partial charge in [0.15, 0.2) is 5.13 Å². The lowest BCUT2D eigenvalue weighted by Gasteiger charge is -2.30. The van der Waals surface area contributed by atoms with Gasteiger partial charge in [-0.05, 0) is 50.9 Å². The number of hydrogen-bond donors (Lipinski definition) is 3. The van der Waals surface area contributed by atoms with E-state index in [0.29, 0.717) is 12.2 Å². The first-order valence-electron chi connectivity index (χ1n) is 9.48. The first-order chi connectivity index (χ1) is 13.8. The van der Waals surface area contributed by atoms with Crippen LogP contribution in [0.1, 0.15) is 25.7 Å². The normalized spacial score (nSPS) is 18.0. The summed E-state index contributed by atoms with van der Waals surface area (Å²) in [4.78, 5) is 5.70. The molecule has 2 heterocycles. The average Bonchev–Trinajstić information content (AvgIpc) is 3.16. The van der Waals surface area contributed by atoms with Crippen molar-refractivity contribution in [1.29, 1.82) is 0 Å². The molecule has 0 amide bonds. The van der Waals surface area contributed by atoms with Crippen molar-refractivity contribution < 1.29 is 12.8 Å². The number of halogens is 2. The molecule has 11 heteroatoms. The molecule has 7 nitrogen and oxygen atoms in total. The Hall–Kier alpha value is -1.46. The van der Waals surface area contributed by atoms with Crippen molar-refractivity contribution >= 4 is 43.8 Å². The molecule has 2 aromatic rings. The standard InChI is InChI=1S/C18H25ClFN5O2S2/c19-14-10-17(29(26,27)24-18-23-6-9-28-18)15(20)11-16(14)22-5-1-2-7-25-8-3-4-13(21)12-25/h6,9-11,13,22H,1-5,7-8,12,21H2,(H,23,24)/t13-/m0/s1. The second-order valence-corrected chi connectivity index (χ2v) is 9.99. The van der Waals surface area contributed by atoms with Gasteiger partial charge in [0, 0.05) is 30.7 Å². The van der Waals surface area contributed by atoms with E-state index in [1.165, 1.54) is 6.20 Å². The number of nitrogens with one attached hydrogen (secondary N) is 2. The molecule has 1 aromatic carbocycles. The Morgan fingerprint density at radius 1 is 1.38 bits per heavy atom. The minimum Gasteiger partial charge on any atom is -0.384 e. The van der Waals surface area contributed by atoms with Crippen LogP contribution >= 0.6 is 22.9 Å². The van der Waals surface area contributed by atoms with Crippen LogP contribution in [-0.4, -0.2) is 50.5 Å². The summed E-state index contributed by atoms with van der Waals surface area (Å²) in [5.74, 6) is -0.872. The largest absolute Gasteiger partial charge is 0.384 e. The molecule has 0 saturated carbocycles. The number of piperidine rings is 1. The maximum atomic E-state index is 14.5. The molecular weight excluding hydrogens is 437 g/mol. The van der Waals surface area contributed by atoms with Crippen molar-refractivity contribution in [3.8, 4) is 0 Å². The Bertz CT molecular complexity index is 911. The van der Waals surface area contributed by atoms with Crippen LogP contribution < -0.4 is 15.8 Å². The van der Waals surface area contributed by atoms with Crippen molar-refractivity contribution in [3.05, 3.63) is 34.5 Å².